The molecule has 6 heteroatoms. The summed E-state index contributed by atoms with van der Waals surface area (Å²) in [6, 6.07) is 6.76. The van der Waals surface area contributed by atoms with E-state index in [1.807, 2.05) is 19.0 Å². The average Bonchev–Trinajstić information content (AvgIpc) is 3.05. The highest BCUT2D eigenvalue weighted by molar-refractivity contribution is 5.99. The van der Waals surface area contributed by atoms with E-state index in [1.54, 1.807) is 24.3 Å². The van der Waals surface area contributed by atoms with Crippen molar-refractivity contribution in [3.05, 3.63) is 35.4 Å². The molecule has 1 saturated heterocycles. The fourth-order valence-corrected chi connectivity index (χ4v) is 2.41. The molecule has 0 aromatic heterocycles. The van der Waals surface area contributed by atoms with Crippen LogP contribution in [0.2, 0.25) is 0 Å². The number of likely N-dealkylation sites (N-methyl/N-ethyl adjacent to an activating group) is 1. The van der Waals surface area contributed by atoms with Gasteiger partial charge in [-0.3, -0.25) is 9.59 Å². The molecule has 2 amide bonds. The number of hydrogen-bond acceptors (Lipinski definition) is 4. The number of rotatable bonds is 7. The number of carbonyl (C=O) groups excluding carboxylic acids is 2. The minimum Gasteiger partial charge on any atom is -0.376 e. The van der Waals surface area contributed by atoms with Crippen LogP contribution in [0.15, 0.2) is 24.3 Å². The van der Waals surface area contributed by atoms with Crippen LogP contribution in [0.25, 0.3) is 0 Å². The molecule has 1 fully saturated rings. The standard InChI is InChI=1S/C17H25N3O3/c1-20(2)9-8-18-16(21)13-5-3-6-14(11-13)17(22)19-12-15-7-4-10-23-15/h3,5-6,11,15H,4,7-10,12H2,1-2H3,(H,18,21)(H,19,22). The fraction of sp³-hybridized carbons (Fsp3) is 0.529. The van der Waals surface area contributed by atoms with Gasteiger partial charge in [0.05, 0.1) is 6.10 Å². The predicted octanol–water partition coefficient (Wildman–Crippen LogP) is 0.887. The van der Waals surface area contributed by atoms with Crippen molar-refractivity contribution in [2.45, 2.75) is 18.9 Å². The van der Waals surface area contributed by atoms with Crippen molar-refractivity contribution >= 4 is 11.8 Å². The van der Waals surface area contributed by atoms with Gasteiger partial charge in [-0.05, 0) is 45.1 Å². The Morgan fingerprint density at radius 2 is 1.91 bits per heavy atom. The van der Waals surface area contributed by atoms with Gasteiger partial charge < -0.3 is 20.3 Å². The van der Waals surface area contributed by atoms with Crippen molar-refractivity contribution in [2.75, 3.05) is 40.3 Å². The zero-order valence-corrected chi connectivity index (χ0v) is 13.8. The Morgan fingerprint density at radius 3 is 2.52 bits per heavy atom. The molecule has 0 radical (unpaired) electrons. The highest BCUT2D eigenvalue weighted by Crippen LogP contribution is 2.11. The number of nitrogens with one attached hydrogen (secondary N) is 2. The zero-order chi connectivity index (χ0) is 16.7. The van der Waals surface area contributed by atoms with Crippen molar-refractivity contribution in [2.24, 2.45) is 0 Å². The fourth-order valence-electron chi connectivity index (χ4n) is 2.41. The van der Waals surface area contributed by atoms with Crippen molar-refractivity contribution in [1.29, 1.82) is 0 Å². The highest BCUT2D eigenvalue weighted by atomic mass is 16.5. The summed E-state index contributed by atoms with van der Waals surface area (Å²) >= 11 is 0. The first-order chi connectivity index (χ1) is 11.1. The average molecular weight is 319 g/mol. The van der Waals surface area contributed by atoms with E-state index in [0.29, 0.717) is 24.2 Å². The number of ether oxygens (including phenoxy) is 1. The molecule has 0 aliphatic carbocycles. The Bertz CT molecular complexity index is 540. The van der Waals surface area contributed by atoms with Crippen LogP contribution in [0.1, 0.15) is 33.6 Å². The van der Waals surface area contributed by atoms with E-state index in [1.165, 1.54) is 0 Å². The van der Waals surface area contributed by atoms with Crippen LogP contribution >= 0.6 is 0 Å². The summed E-state index contributed by atoms with van der Waals surface area (Å²) in [6.45, 7) is 2.62. The molecule has 1 aliphatic rings. The Hall–Kier alpha value is -1.92. The van der Waals surface area contributed by atoms with Crippen molar-refractivity contribution in [3.63, 3.8) is 0 Å². The maximum atomic E-state index is 12.2. The van der Waals surface area contributed by atoms with Crippen molar-refractivity contribution in [1.82, 2.24) is 15.5 Å². The summed E-state index contributed by atoms with van der Waals surface area (Å²) in [4.78, 5) is 26.3. The lowest BCUT2D eigenvalue weighted by Crippen LogP contribution is -2.33. The molecule has 1 atom stereocenters. The number of nitrogens with zero attached hydrogens (tertiary/aromatic N) is 1. The first-order valence-corrected chi connectivity index (χ1v) is 7.99. The molecule has 2 rings (SSSR count). The van der Waals surface area contributed by atoms with E-state index in [-0.39, 0.29) is 17.9 Å². The molecule has 23 heavy (non-hydrogen) atoms. The summed E-state index contributed by atoms with van der Waals surface area (Å²) in [5.74, 6) is -0.343. The number of benzene rings is 1. The Morgan fingerprint density at radius 1 is 1.22 bits per heavy atom. The van der Waals surface area contributed by atoms with Gasteiger partial charge in [0, 0.05) is 37.4 Å². The van der Waals surface area contributed by atoms with Crippen LogP contribution in [0.5, 0.6) is 0 Å². The molecule has 0 bridgehead atoms. The maximum absolute atomic E-state index is 12.2. The SMILES string of the molecule is CN(C)CCNC(=O)c1cccc(C(=O)NCC2CCCO2)c1. The summed E-state index contributed by atoms with van der Waals surface area (Å²) < 4.78 is 5.48. The molecule has 0 saturated carbocycles. The predicted molar refractivity (Wildman–Crippen MR) is 88.6 cm³/mol. The molecule has 126 valence electrons. The summed E-state index contributed by atoms with van der Waals surface area (Å²) in [5.41, 5.74) is 0.983. The Kier molecular flexibility index (Phi) is 6.55. The third kappa shape index (κ3) is 5.65. The molecule has 0 spiro atoms. The Labute approximate surface area is 137 Å². The van der Waals surface area contributed by atoms with E-state index >= 15 is 0 Å². The maximum Gasteiger partial charge on any atom is 0.251 e. The van der Waals surface area contributed by atoms with Crippen LogP contribution in [0.4, 0.5) is 0 Å². The van der Waals surface area contributed by atoms with Gasteiger partial charge in [0.1, 0.15) is 0 Å². The second kappa shape index (κ2) is 8.64. The largest absolute Gasteiger partial charge is 0.376 e. The zero-order valence-electron chi connectivity index (χ0n) is 13.8. The van der Waals surface area contributed by atoms with Crippen LogP contribution in [0, 0.1) is 0 Å². The molecule has 1 unspecified atom stereocenters. The van der Waals surface area contributed by atoms with E-state index in [2.05, 4.69) is 10.6 Å². The van der Waals surface area contributed by atoms with Crippen LogP contribution in [0.3, 0.4) is 0 Å². The lowest BCUT2D eigenvalue weighted by atomic mass is 10.1. The number of carbonyl (C=O) groups is 2. The van der Waals surface area contributed by atoms with Gasteiger partial charge in [0.2, 0.25) is 0 Å². The van der Waals surface area contributed by atoms with Gasteiger partial charge in [0.25, 0.3) is 11.8 Å². The van der Waals surface area contributed by atoms with Gasteiger partial charge >= 0.3 is 0 Å². The van der Waals surface area contributed by atoms with Gasteiger partial charge in [-0.1, -0.05) is 6.07 Å². The number of amides is 2. The van der Waals surface area contributed by atoms with Gasteiger partial charge in [0.15, 0.2) is 0 Å². The molecule has 1 aromatic rings. The summed E-state index contributed by atoms with van der Waals surface area (Å²) in [7, 11) is 3.90. The lowest BCUT2D eigenvalue weighted by molar-refractivity contribution is 0.0858. The third-order valence-corrected chi connectivity index (χ3v) is 3.75. The first-order valence-electron chi connectivity index (χ1n) is 7.99. The van der Waals surface area contributed by atoms with Gasteiger partial charge in [-0.2, -0.15) is 0 Å². The quantitative estimate of drug-likeness (QED) is 0.783. The van der Waals surface area contributed by atoms with Gasteiger partial charge in [-0.25, -0.2) is 0 Å². The van der Waals surface area contributed by atoms with E-state index in [4.69, 9.17) is 4.74 Å². The normalized spacial score (nSPS) is 17.3. The van der Waals surface area contributed by atoms with E-state index in [9.17, 15) is 9.59 Å². The summed E-state index contributed by atoms with van der Waals surface area (Å²) in [6.07, 6.45) is 2.13. The lowest BCUT2D eigenvalue weighted by Gasteiger charge is -2.12. The minimum atomic E-state index is -0.177. The highest BCUT2D eigenvalue weighted by Gasteiger charge is 2.17. The Balaban J connectivity index is 1.87. The second-order valence-electron chi connectivity index (χ2n) is 5.99. The third-order valence-electron chi connectivity index (χ3n) is 3.75. The molecule has 6 nitrogen and oxygen atoms in total. The van der Waals surface area contributed by atoms with Crippen molar-refractivity contribution in [3.8, 4) is 0 Å². The van der Waals surface area contributed by atoms with Crippen molar-refractivity contribution < 1.29 is 14.3 Å². The topological polar surface area (TPSA) is 70.7 Å². The molecule has 1 aromatic carbocycles. The summed E-state index contributed by atoms with van der Waals surface area (Å²) in [5, 5.41) is 5.70. The molecular formula is C17H25N3O3. The molecular weight excluding hydrogens is 294 g/mol. The first kappa shape index (κ1) is 17.4. The van der Waals surface area contributed by atoms with Gasteiger partial charge in [-0.15, -0.1) is 0 Å². The monoisotopic (exact) mass is 319 g/mol. The molecule has 2 N–H and O–H groups in total. The van der Waals surface area contributed by atoms with Crippen LogP contribution in [-0.4, -0.2) is 63.2 Å². The van der Waals surface area contributed by atoms with Crippen LogP contribution in [-0.2, 0) is 4.74 Å². The van der Waals surface area contributed by atoms with E-state index < -0.39 is 0 Å². The molecule has 1 aliphatic heterocycles. The van der Waals surface area contributed by atoms with E-state index in [0.717, 1.165) is 26.0 Å². The number of hydrogen-bond donors (Lipinski definition) is 2. The van der Waals surface area contributed by atoms with Crippen LogP contribution < -0.4 is 10.6 Å². The molecule has 1 heterocycles. The minimum absolute atomic E-state index is 0.108. The smallest absolute Gasteiger partial charge is 0.251 e. The second-order valence-corrected chi connectivity index (χ2v) is 5.99.